The number of nitrogens with zero attached hydrogens (tertiary/aromatic N) is 2. The monoisotopic (exact) mass is 462 g/mol. The number of allylic oxidation sites excluding steroid dienone is 1. The first kappa shape index (κ1) is 22.9. The van der Waals surface area contributed by atoms with Crippen LogP contribution in [0, 0.1) is 0 Å². The van der Waals surface area contributed by atoms with Crippen molar-refractivity contribution in [2.75, 3.05) is 20.8 Å². The zero-order chi connectivity index (χ0) is 24.2. The number of amides is 2. The van der Waals surface area contributed by atoms with E-state index in [4.69, 9.17) is 19.3 Å². The van der Waals surface area contributed by atoms with Gasteiger partial charge in [-0.25, -0.2) is 14.3 Å². The zero-order valence-corrected chi connectivity index (χ0v) is 19.4. The van der Waals surface area contributed by atoms with Gasteiger partial charge in [0.25, 0.3) is 0 Å². The van der Waals surface area contributed by atoms with Crippen molar-refractivity contribution in [2.24, 2.45) is 0 Å². The molecule has 34 heavy (non-hydrogen) atoms. The van der Waals surface area contributed by atoms with Gasteiger partial charge in [0.1, 0.15) is 0 Å². The summed E-state index contributed by atoms with van der Waals surface area (Å²) in [6.45, 7) is 3.62. The van der Waals surface area contributed by atoms with Gasteiger partial charge in [-0.05, 0) is 44.2 Å². The van der Waals surface area contributed by atoms with E-state index in [1.165, 1.54) is 0 Å². The molecule has 1 aliphatic rings. The third-order valence-electron chi connectivity index (χ3n) is 5.50. The highest BCUT2D eigenvalue weighted by molar-refractivity contribution is 5.95. The maximum absolute atomic E-state index is 12.9. The van der Waals surface area contributed by atoms with Crippen molar-refractivity contribution >= 4 is 12.0 Å². The number of hydrogen-bond acceptors (Lipinski definition) is 6. The lowest BCUT2D eigenvalue weighted by Crippen LogP contribution is -2.45. The predicted octanol–water partition coefficient (Wildman–Crippen LogP) is 3.75. The van der Waals surface area contributed by atoms with Crippen LogP contribution in [0.1, 0.15) is 25.5 Å². The number of methoxy groups -OCH3 is 2. The molecule has 2 heterocycles. The van der Waals surface area contributed by atoms with Crippen molar-refractivity contribution in [1.82, 2.24) is 20.4 Å². The molecule has 2 amide bonds. The van der Waals surface area contributed by atoms with E-state index in [1.54, 1.807) is 38.8 Å². The number of para-hydroxylation sites is 1. The van der Waals surface area contributed by atoms with E-state index in [0.717, 1.165) is 11.3 Å². The predicted molar refractivity (Wildman–Crippen MR) is 126 cm³/mol. The molecule has 0 radical (unpaired) electrons. The van der Waals surface area contributed by atoms with E-state index >= 15 is 0 Å². The van der Waals surface area contributed by atoms with E-state index in [2.05, 4.69) is 10.6 Å². The Bertz CT molecular complexity index is 1250. The Hall–Kier alpha value is -4.27. The second-order valence-electron chi connectivity index (χ2n) is 7.57. The summed E-state index contributed by atoms with van der Waals surface area (Å²) in [5.74, 6) is 0.600. The Labute approximate surface area is 197 Å². The molecule has 1 aromatic heterocycles. The van der Waals surface area contributed by atoms with Gasteiger partial charge < -0.3 is 24.8 Å². The third-order valence-corrected chi connectivity index (χ3v) is 5.50. The smallest absolute Gasteiger partial charge is 0.338 e. The number of hydrogen-bond donors (Lipinski definition) is 2. The molecule has 0 bridgehead atoms. The number of aromatic nitrogens is 2. The van der Waals surface area contributed by atoms with Gasteiger partial charge in [-0.2, -0.15) is 5.10 Å². The molecular formula is C25H26N4O5. The van der Waals surface area contributed by atoms with Crippen molar-refractivity contribution < 1.29 is 23.8 Å². The standard InChI is InChI=1S/C25H26N4O5/c1-5-34-24(30)21-15(2)26-25(31)27-23(21)18-14-29(17-9-7-6-8-10-17)28-22(18)16-11-12-19(32-3)20(13-16)33-4/h6-14,23H,5H2,1-4H3,(H2,26,27,31)/t23-/m1/s1. The summed E-state index contributed by atoms with van der Waals surface area (Å²) >= 11 is 0. The van der Waals surface area contributed by atoms with E-state index in [1.807, 2.05) is 48.7 Å². The van der Waals surface area contributed by atoms with Crippen molar-refractivity contribution in [3.63, 3.8) is 0 Å². The summed E-state index contributed by atoms with van der Waals surface area (Å²) < 4.78 is 17.9. The molecule has 0 saturated carbocycles. The molecule has 1 atom stereocenters. The van der Waals surface area contributed by atoms with Crippen LogP contribution in [0.2, 0.25) is 0 Å². The quantitative estimate of drug-likeness (QED) is 0.519. The number of rotatable bonds is 7. The highest BCUT2D eigenvalue weighted by atomic mass is 16.5. The minimum Gasteiger partial charge on any atom is -0.493 e. The zero-order valence-electron chi connectivity index (χ0n) is 19.4. The Balaban J connectivity index is 1.92. The molecule has 0 spiro atoms. The molecule has 3 aromatic rings. The fourth-order valence-electron chi connectivity index (χ4n) is 3.93. The second-order valence-corrected chi connectivity index (χ2v) is 7.57. The summed E-state index contributed by atoms with van der Waals surface area (Å²) in [4.78, 5) is 25.3. The average molecular weight is 463 g/mol. The summed E-state index contributed by atoms with van der Waals surface area (Å²) in [6.07, 6.45) is 1.81. The van der Waals surface area contributed by atoms with Crippen LogP contribution in [-0.4, -0.2) is 42.6 Å². The molecule has 176 valence electrons. The maximum Gasteiger partial charge on any atom is 0.338 e. The first-order valence-electron chi connectivity index (χ1n) is 10.8. The normalized spacial score (nSPS) is 15.4. The fraction of sp³-hybridized carbons (Fsp3) is 0.240. The van der Waals surface area contributed by atoms with Gasteiger partial charge in [0.2, 0.25) is 0 Å². The van der Waals surface area contributed by atoms with Gasteiger partial charge in [-0.3, -0.25) is 0 Å². The topological polar surface area (TPSA) is 104 Å². The van der Waals surface area contributed by atoms with Crippen LogP contribution in [0.3, 0.4) is 0 Å². The first-order valence-corrected chi connectivity index (χ1v) is 10.8. The molecule has 1 aliphatic heterocycles. The number of urea groups is 1. The molecule has 0 fully saturated rings. The summed E-state index contributed by atoms with van der Waals surface area (Å²) in [5, 5.41) is 10.3. The molecule has 0 saturated heterocycles. The molecule has 0 unspecified atom stereocenters. The van der Waals surface area contributed by atoms with Gasteiger partial charge in [0.05, 0.1) is 43.8 Å². The van der Waals surface area contributed by atoms with Crippen LogP contribution >= 0.6 is 0 Å². The Morgan fingerprint density at radius 1 is 1.09 bits per heavy atom. The molecule has 9 nitrogen and oxygen atoms in total. The number of carbonyl (C=O) groups excluding carboxylic acids is 2. The maximum atomic E-state index is 12.9. The summed E-state index contributed by atoms with van der Waals surface area (Å²) in [5.41, 5.74) is 3.51. The number of nitrogens with one attached hydrogen (secondary N) is 2. The van der Waals surface area contributed by atoms with Crippen LogP contribution in [-0.2, 0) is 9.53 Å². The van der Waals surface area contributed by atoms with Crippen molar-refractivity contribution in [2.45, 2.75) is 19.9 Å². The van der Waals surface area contributed by atoms with E-state index in [-0.39, 0.29) is 6.61 Å². The van der Waals surface area contributed by atoms with Crippen LogP contribution in [0.4, 0.5) is 4.79 Å². The molecule has 0 aliphatic carbocycles. The Morgan fingerprint density at radius 2 is 1.82 bits per heavy atom. The Kier molecular flexibility index (Phi) is 6.53. The highest BCUT2D eigenvalue weighted by Crippen LogP contribution is 2.38. The fourth-order valence-corrected chi connectivity index (χ4v) is 3.93. The molecule has 9 heteroatoms. The molecule has 4 rings (SSSR count). The van der Waals surface area contributed by atoms with E-state index in [9.17, 15) is 9.59 Å². The lowest BCUT2D eigenvalue weighted by atomic mass is 9.93. The van der Waals surface area contributed by atoms with Crippen molar-refractivity contribution in [3.05, 3.63) is 71.6 Å². The van der Waals surface area contributed by atoms with Crippen LogP contribution < -0.4 is 20.1 Å². The number of carbonyl (C=O) groups is 2. The minimum absolute atomic E-state index is 0.210. The lowest BCUT2D eigenvalue weighted by Gasteiger charge is -2.27. The van der Waals surface area contributed by atoms with Gasteiger partial charge in [-0.1, -0.05) is 18.2 Å². The molecule has 2 N–H and O–H groups in total. The number of benzene rings is 2. The summed E-state index contributed by atoms with van der Waals surface area (Å²) in [6, 6.07) is 13.8. The van der Waals surface area contributed by atoms with Gasteiger partial charge in [0.15, 0.2) is 11.5 Å². The van der Waals surface area contributed by atoms with E-state index < -0.39 is 18.0 Å². The molecule has 2 aromatic carbocycles. The third kappa shape index (κ3) is 4.32. The molecular weight excluding hydrogens is 436 g/mol. The highest BCUT2D eigenvalue weighted by Gasteiger charge is 2.35. The van der Waals surface area contributed by atoms with Crippen LogP contribution in [0.15, 0.2) is 66.0 Å². The van der Waals surface area contributed by atoms with Crippen molar-refractivity contribution in [1.29, 1.82) is 0 Å². The lowest BCUT2D eigenvalue weighted by molar-refractivity contribution is -0.139. The van der Waals surface area contributed by atoms with E-state index in [0.29, 0.717) is 34.0 Å². The number of esters is 1. The number of ether oxygens (including phenoxy) is 3. The van der Waals surface area contributed by atoms with Crippen LogP contribution in [0.25, 0.3) is 16.9 Å². The Morgan fingerprint density at radius 3 is 2.50 bits per heavy atom. The summed E-state index contributed by atoms with van der Waals surface area (Å²) in [7, 11) is 3.12. The average Bonchev–Trinajstić information content (AvgIpc) is 3.29. The van der Waals surface area contributed by atoms with Gasteiger partial charge >= 0.3 is 12.0 Å². The SMILES string of the molecule is CCOC(=O)C1=C(C)NC(=O)N[C@@H]1c1cn(-c2ccccc2)nc1-c1ccc(OC)c(OC)c1. The van der Waals surface area contributed by atoms with Crippen LogP contribution in [0.5, 0.6) is 11.5 Å². The second kappa shape index (κ2) is 9.70. The largest absolute Gasteiger partial charge is 0.493 e. The van der Waals surface area contributed by atoms with Crippen molar-refractivity contribution in [3.8, 4) is 28.4 Å². The first-order chi connectivity index (χ1) is 16.5. The van der Waals surface area contributed by atoms with Gasteiger partial charge in [0, 0.05) is 23.0 Å². The van der Waals surface area contributed by atoms with Gasteiger partial charge in [-0.15, -0.1) is 0 Å². The minimum atomic E-state index is -0.770.